The Morgan fingerprint density at radius 3 is 2.32 bits per heavy atom. The minimum Gasteiger partial charge on any atom is -0.481 e. The number of carboxylic acids is 1. The number of carboxylic acid groups (broad SMARTS) is 1. The molecule has 0 atom stereocenters. The van der Waals surface area contributed by atoms with Crippen molar-refractivity contribution in [1.29, 1.82) is 5.41 Å². The Bertz CT molecular complexity index is 970. The van der Waals surface area contributed by atoms with Crippen molar-refractivity contribution in [2.45, 2.75) is 19.4 Å². The molecule has 5 heteroatoms. The van der Waals surface area contributed by atoms with E-state index in [1.807, 2.05) is 60.7 Å². The van der Waals surface area contributed by atoms with Crippen molar-refractivity contribution >= 4 is 17.4 Å². The van der Waals surface area contributed by atoms with Crippen molar-refractivity contribution in [1.82, 2.24) is 0 Å². The lowest BCUT2D eigenvalue weighted by Gasteiger charge is -2.10. The van der Waals surface area contributed by atoms with Gasteiger partial charge in [0.2, 0.25) is 0 Å². The molecular formula is C23H21FN2O2. The van der Waals surface area contributed by atoms with E-state index in [2.05, 4.69) is 5.32 Å². The number of hydrogen-bond acceptors (Lipinski definition) is 3. The fourth-order valence-electron chi connectivity index (χ4n) is 2.91. The zero-order valence-corrected chi connectivity index (χ0v) is 15.3. The number of anilines is 1. The van der Waals surface area contributed by atoms with Gasteiger partial charge in [0.05, 0.1) is 5.71 Å². The van der Waals surface area contributed by atoms with Gasteiger partial charge < -0.3 is 10.4 Å². The summed E-state index contributed by atoms with van der Waals surface area (Å²) in [5.74, 6) is -1.19. The Labute approximate surface area is 163 Å². The molecule has 0 unspecified atom stereocenters. The van der Waals surface area contributed by atoms with Crippen molar-refractivity contribution in [3.8, 4) is 0 Å². The maximum absolute atomic E-state index is 14.1. The summed E-state index contributed by atoms with van der Waals surface area (Å²) in [5.41, 5.74) is 4.12. The molecule has 3 N–H and O–H groups in total. The van der Waals surface area contributed by atoms with Gasteiger partial charge in [-0.15, -0.1) is 0 Å². The van der Waals surface area contributed by atoms with Gasteiger partial charge in [0, 0.05) is 24.2 Å². The molecule has 0 heterocycles. The van der Waals surface area contributed by atoms with Gasteiger partial charge in [0.15, 0.2) is 0 Å². The Kier molecular flexibility index (Phi) is 6.17. The lowest BCUT2D eigenvalue weighted by molar-refractivity contribution is -0.136. The quantitative estimate of drug-likeness (QED) is 0.491. The molecule has 0 saturated carbocycles. The molecule has 0 amide bonds. The van der Waals surface area contributed by atoms with Crippen LogP contribution in [0.4, 0.5) is 10.1 Å². The van der Waals surface area contributed by atoms with E-state index < -0.39 is 5.97 Å². The summed E-state index contributed by atoms with van der Waals surface area (Å²) in [7, 11) is 0. The Morgan fingerprint density at radius 1 is 0.929 bits per heavy atom. The van der Waals surface area contributed by atoms with Crippen LogP contribution in [0.2, 0.25) is 0 Å². The molecule has 0 fully saturated rings. The van der Waals surface area contributed by atoms with E-state index in [1.54, 1.807) is 0 Å². The summed E-state index contributed by atoms with van der Waals surface area (Å²) < 4.78 is 14.1. The van der Waals surface area contributed by atoms with Crippen molar-refractivity contribution in [2.75, 3.05) is 5.32 Å². The minimum atomic E-state index is -0.815. The van der Waals surface area contributed by atoms with Gasteiger partial charge in [-0.25, -0.2) is 4.39 Å². The Balaban J connectivity index is 1.67. The molecule has 0 spiro atoms. The second kappa shape index (κ2) is 8.95. The molecule has 0 saturated heterocycles. The smallest absolute Gasteiger partial charge is 0.303 e. The summed E-state index contributed by atoms with van der Waals surface area (Å²) in [4.78, 5) is 10.6. The maximum atomic E-state index is 14.1. The summed E-state index contributed by atoms with van der Waals surface area (Å²) in [6, 6.07) is 21.4. The van der Waals surface area contributed by atoms with Crippen molar-refractivity contribution in [3.05, 3.63) is 101 Å². The maximum Gasteiger partial charge on any atom is 0.303 e. The molecule has 4 nitrogen and oxygen atoms in total. The van der Waals surface area contributed by atoms with Crippen LogP contribution >= 0.6 is 0 Å². The van der Waals surface area contributed by atoms with Crippen molar-refractivity contribution < 1.29 is 14.3 Å². The number of aryl methyl sites for hydroxylation is 1. The highest BCUT2D eigenvalue weighted by Gasteiger charge is 2.08. The average Bonchev–Trinajstić information content (AvgIpc) is 2.71. The third kappa shape index (κ3) is 5.27. The number of halogens is 1. The third-order valence-corrected chi connectivity index (χ3v) is 4.39. The zero-order chi connectivity index (χ0) is 19.9. The van der Waals surface area contributed by atoms with Crippen LogP contribution in [-0.2, 0) is 17.8 Å². The van der Waals surface area contributed by atoms with Crippen LogP contribution in [0.15, 0.2) is 72.8 Å². The van der Waals surface area contributed by atoms with Crippen LogP contribution in [0.1, 0.15) is 28.7 Å². The number of carbonyl (C=O) groups is 1. The molecule has 3 aromatic carbocycles. The highest BCUT2D eigenvalue weighted by molar-refractivity contribution is 6.10. The monoisotopic (exact) mass is 376 g/mol. The van der Waals surface area contributed by atoms with Gasteiger partial charge >= 0.3 is 5.97 Å². The zero-order valence-electron chi connectivity index (χ0n) is 15.3. The number of benzene rings is 3. The first-order valence-electron chi connectivity index (χ1n) is 9.00. The minimum absolute atomic E-state index is 0.103. The second-order valence-electron chi connectivity index (χ2n) is 6.53. The van der Waals surface area contributed by atoms with Crippen molar-refractivity contribution in [3.63, 3.8) is 0 Å². The summed E-state index contributed by atoms with van der Waals surface area (Å²) in [6.45, 7) is 0.418. The highest BCUT2D eigenvalue weighted by atomic mass is 19.1. The number of hydrogen-bond donors (Lipinski definition) is 3. The van der Waals surface area contributed by atoms with Crippen LogP contribution in [0, 0.1) is 11.2 Å². The van der Waals surface area contributed by atoms with E-state index in [-0.39, 0.29) is 17.9 Å². The molecule has 0 aliphatic heterocycles. The van der Waals surface area contributed by atoms with Gasteiger partial charge in [-0.3, -0.25) is 10.2 Å². The number of rotatable bonds is 8. The first kappa shape index (κ1) is 19.3. The normalized spacial score (nSPS) is 10.5. The molecule has 0 aliphatic carbocycles. The molecule has 0 aliphatic rings. The molecule has 3 aromatic rings. The largest absolute Gasteiger partial charge is 0.481 e. The van der Waals surface area contributed by atoms with E-state index in [0.717, 1.165) is 22.4 Å². The average molecular weight is 376 g/mol. The molecule has 0 radical (unpaired) electrons. The van der Waals surface area contributed by atoms with Crippen LogP contribution in [0.5, 0.6) is 0 Å². The van der Waals surface area contributed by atoms with Gasteiger partial charge in [-0.05, 0) is 53.4 Å². The Hall–Kier alpha value is -3.47. The highest BCUT2D eigenvalue weighted by Crippen LogP contribution is 2.17. The fourth-order valence-corrected chi connectivity index (χ4v) is 2.91. The Morgan fingerprint density at radius 2 is 1.64 bits per heavy atom. The topological polar surface area (TPSA) is 73.2 Å². The number of nitrogens with one attached hydrogen (secondary N) is 2. The van der Waals surface area contributed by atoms with Gasteiger partial charge in [0.1, 0.15) is 5.82 Å². The van der Waals surface area contributed by atoms with Gasteiger partial charge in [-0.2, -0.15) is 0 Å². The summed E-state index contributed by atoms with van der Waals surface area (Å²) in [5, 5.41) is 20.3. The van der Waals surface area contributed by atoms with Crippen LogP contribution < -0.4 is 5.32 Å². The molecule has 3 rings (SSSR count). The molecular weight excluding hydrogens is 355 g/mol. The third-order valence-electron chi connectivity index (χ3n) is 4.39. The fraction of sp³-hybridized carbons (Fsp3) is 0.130. The van der Waals surface area contributed by atoms with Crippen molar-refractivity contribution in [2.24, 2.45) is 0 Å². The lowest BCUT2D eigenvalue weighted by Crippen LogP contribution is -2.05. The SMILES string of the molecule is N=C(c1ccccc1)c1cc(F)cc(CNc2ccc(CCC(=O)O)cc2)c1. The lowest BCUT2D eigenvalue weighted by atomic mass is 10.0. The van der Waals surface area contributed by atoms with Gasteiger partial charge in [-0.1, -0.05) is 42.5 Å². The predicted molar refractivity (Wildman–Crippen MR) is 108 cm³/mol. The summed E-state index contributed by atoms with van der Waals surface area (Å²) in [6.07, 6.45) is 0.594. The molecule has 0 bridgehead atoms. The van der Waals surface area contributed by atoms with E-state index >= 15 is 0 Å². The van der Waals surface area contributed by atoms with E-state index in [9.17, 15) is 9.18 Å². The van der Waals surface area contributed by atoms with E-state index in [0.29, 0.717) is 18.5 Å². The molecule has 0 aromatic heterocycles. The van der Waals surface area contributed by atoms with Gasteiger partial charge in [0.25, 0.3) is 0 Å². The van der Waals surface area contributed by atoms with Crippen LogP contribution in [0.3, 0.4) is 0 Å². The van der Waals surface area contributed by atoms with Crippen LogP contribution in [-0.4, -0.2) is 16.8 Å². The second-order valence-corrected chi connectivity index (χ2v) is 6.53. The first-order chi connectivity index (χ1) is 13.5. The summed E-state index contributed by atoms with van der Waals surface area (Å²) >= 11 is 0. The molecule has 28 heavy (non-hydrogen) atoms. The van der Waals surface area contributed by atoms with E-state index in [4.69, 9.17) is 10.5 Å². The number of aliphatic carboxylic acids is 1. The van der Waals surface area contributed by atoms with Crippen LogP contribution in [0.25, 0.3) is 0 Å². The standard InChI is InChI=1S/C23H21FN2O2/c24-20-13-17(12-19(14-20)23(25)18-4-2-1-3-5-18)15-26-21-9-6-16(7-10-21)8-11-22(27)28/h1-7,9-10,12-14,25-26H,8,11,15H2,(H,27,28). The predicted octanol–water partition coefficient (Wildman–Crippen LogP) is 4.87. The molecule has 142 valence electrons. The van der Waals surface area contributed by atoms with E-state index in [1.165, 1.54) is 12.1 Å². The first-order valence-corrected chi connectivity index (χ1v) is 9.00.